The fourth-order valence-corrected chi connectivity index (χ4v) is 3.60. The second-order valence-corrected chi connectivity index (χ2v) is 6.69. The summed E-state index contributed by atoms with van der Waals surface area (Å²) in [5.74, 6) is 1.29. The van der Waals surface area contributed by atoms with Crippen molar-refractivity contribution in [2.24, 2.45) is 11.8 Å². The van der Waals surface area contributed by atoms with E-state index in [1.54, 1.807) is 0 Å². The highest BCUT2D eigenvalue weighted by molar-refractivity contribution is 5.83. The van der Waals surface area contributed by atoms with E-state index in [1.807, 2.05) is 0 Å². The molecule has 0 saturated heterocycles. The molecule has 0 aliphatic heterocycles. The van der Waals surface area contributed by atoms with Gasteiger partial charge in [-0.05, 0) is 59.9 Å². The molecule has 1 heteroatoms. The van der Waals surface area contributed by atoms with Crippen LogP contribution < -0.4 is 0 Å². The number of hydrogen-bond donors (Lipinski definition) is 1. The van der Waals surface area contributed by atoms with E-state index in [4.69, 9.17) is 0 Å². The van der Waals surface area contributed by atoms with Gasteiger partial charge in [0.15, 0.2) is 0 Å². The van der Waals surface area contributed by atoms with Gasteiger partial charge in [-0.2, -0.15) is 0 Å². The number of fused-ring (bicyclic) bond motifs is 1. The minimum absolute atomic E-state index is 0.628. The average molecular weight is 268 g/mol. The molecule has 1 saturated carbocycles. The standard InChI is InChI=1S/C19H24O/c1-14(2)17-8-5-11-19(20,13-17)18-10-9-15-6-3-4-7-16(15)12-18/h3-4,6-7,9-10,12,14,17,20H,5,8,11,13H2,1-2H3. The Hall–Kier alpha value is -1.34. The fourth-order valence-electron chi connectivity index (χ4n) is 3.60. The Morgan fingerprint density at radius 1 is 1.10 bits per heavy atom. The lowest BCUT2D eigenvalue weighted by atomic mass is 9.71. The summed E-state index contributed by atoms with van der Waals surface area (Å²) >= 11 is 0. The Kier molecular flexibility index (Phi) is 3.55. The SMILES string of the molecule is CC(C)C1CCCC(O)(c2ccc3ccccc3c2)C1. The maximum Gasteiger partial charge on any atom is 0.0899 e. The van der Waals surface area contributed by atoms with Crippen molar-refractivity contribution in [2.75, 3.05) is 0 Å². The molecule has 2 aromatic rings. The van der Waals surface area contributed by atoms with E-state index >= 15 is 0 Å². The number of benzene rings is 2. The Morgan fingerprint density at radius 2 is 1.85 bits per heavy atom. The predicted molar refractivity (Wildman–Crippen MR) is 84.6 cm³/mol. The Morgan fingerprint density at radius 3 is 2.60 bits per heavy atom. The summed E-state index contributed by atoms with van der Waals surface area (Å²) < 4.78 is 0. The van der Waals surface area contributed by atoms with Gasteiger partial charge in [-0.1, -0.05) is 50.2 Å². The number of rotatable bonds is 2. The van der Waals surface area contributed by atoms with E-state index in [0.717, 1.165) is 24.8 Å². The molecule has 1 N–H and O–H groups in total. The molecular formula is C19H24O. The van der Waals surface area contributed by atoms with E-state index in [2.05, 4.69) is 56.3 Å². The van der Waals surface area contributed by atoms with E-state index in [1.165, 1.54) is 17.2 Å². The first-order chi connectivity index (χ1) is 9.58. The maximum absolute atomic E-state index is 11.1. The molecule has 106 valence electrons. The van der Waals surface area contributed by atoms with Gasteiger partial charge >= 0.3 is 0 Å². The lowest BCUT2D eigenvalue weighted by Crippen LogP contribution is -2.34. The summed E-state index contributed by atoms with van der Waals surface area (Å²) in [7, 11) is 0. The van der Waals surface area contributed by atoms with Crippen LogP contribution in [0.15, 0.2) is 42.5 Å². The Labute approximate surface area is 121 Å². The van der Waals surface area contributed by atoms with Crippen molar-refractivity contribution in [1.29, 1.82) is 0 Å². The van der Waals surface area contributed by atoms with Gasteiger partial charge in [0.1, 0.15) is 0 Å². The van der Waals surface area contributed by atoms with Gasteiger partial charge in [0.2, 0.25) is 0 Å². The summed E-state index contributed by atoms with van der Waals surface area (Å²) in [6.45, 7) is 4.55. The van der Waals surface area contributed by atoms with Gasteiger partial charge in [0, 0.05) is 0 Å². The first-order valence-electron chi connectivity index (χ1n) is 7.80. The zero-order valence-corrected chi connectivity index (χ0v) is 12.5. The van der Waals surface area contributed by atoms with Crippen molar-refractivity contribution in [3.05, 3.63) is 48.0 Å². The van der Waals surface area contributed by atoms with Gasteiger partial charge in [-0.15, -0.1) is 0 Å². The lowest BCUT2D eigenvalue weighted by Gasteiger charge is -2.39. The monoisotopic (exact) mass is 268 g/mol. The van der Waals surface area contributed by atoms with Crippen LogP contribution >= 0.6 is 0 Å². The second-order valence-electron chi connectivity index (χ2n) is 6.69. The van der Waals surface area contributed by atoms with Crippen LogP contribution in [0.25, 0.3) is 10.8 Å². The van der Waals surface area contributed by atoms with E-state index in [-0.39, 0.29) is 0 Å². The number of aliphatic hydroxyl groups is 1. The predicted octanol–water partition coefficient (Wildman–Crippen LogP) is 4.87. The highest BCUT2D eigenvalue weighted by Crippen LogP contribution is 2.43. The summed E-state index contributed by atoms with van der Waals surface area (Å²) in [6.07, 6.45) is 4.19. The third-order valence-corrected chi connectivity index (χ3v) is 4.99. The molecule has 0 heterocycles. The van der Waals surface area contributed by atoms with Crippen LogP contribution in [0.5, 0.6) is 0 Å². The molecule has 3 rings (SSSR count). The van der Waals surface area contributed by atoms with Crippen molar-refractivity contribution in [3.8, 4) is 0 Å². The van der Waals surface area contributed by atoms with Crippen LogP contribution in [-0.2, 0) is 5.60 Å². The van der Waals surface area contributed by atoms with Gasteiger partial charge in [-0.25, -0.2) is 0 Å². The summed E-state index contributed by atoms with van der Waals surface area (Å²) in [4.78, 5) is 0. The Balaban J connectivity index is 1.96. The van der Waals surface area contributed by atoms with Gasteiger partial charge < -0.3 is 5.11 Å². The smallest absolute Gasteiger partial charge is 0.0899 e. The summed E-state index contributed by atoms with van der Waals surface area (Å²) in [5, 5.41) is 13.6. The van der Waals surface area contributed by atoms with Gasteiger partial charge in [-0.3, -0.25) is 0 Å². The largest absolute Gasteiger partial charge is 0.385 e. The molecule has 20 heavy (non-hydrogen) atoms. The fraction of sp³-hybridized carbons (Fsp3) is 0.474. The second kappa shape index (κ2) is 5.21. The number of hydrogen-bond acceptors (Lipinski definition) is 1. The topological polar surface area (TPSA) is 20.2 Å². The molecule has 2 atom stereocenters. The van der Waals surface area contributed by atoms with Crippen LogP contribution in [-0.4, -0.2) is 5.11 Å². The third-order valence-electron chi connectivity index (χ3n) is 4.99. The molecule has 1 aliphatic rings. The molecule has 1 nitrogen and oxygen atoms in total. The lowest BCUT2D eigenvalue weighted by molar-refractivity contribution is -0.0294. The first kappa shape index (κ1) is 13.6. The van der Waals surface area contributed by atoms with Crippen molar-refractivity contribution in [1.82, 2.24) is 0 Å². The van der Waals surface area contributed by atoms with Crippen LogP contribution in [0.3, 0.4) is 0 Å². The van der Waals surface area contributed by atoms with E-state index < -0.39 is 5.60 Å². The summed E-state index contributed by atoms with van der Waals surface area (Å²) in [6, 6.07) is 14.8. The molecule has 2 aromatic carbocycles. The van der Waals surface area contributed by atoms with Crippen molar-refractivity contribution >= 4 is 10.8 Å². The third kappa shape index (κ3) is 2.47. The van der Waals surface area contributed by atoms with Crippen LogP contribution in [0.1, 0.15) is 45.1 Å². The molecule has 0 radical (unpaired) electrons. The maximum atomic E-state index is 11.1. The summed E-state index contributed by atoms with van der Waals surface area (Å²) in [5.41, 5.74) is 0.471. The molecule has 1 aliphatic carbocycles. The average Bonchev–Trinajstić information content (AvgIpc) is 2.47. The highest BCUT2D eigenvalue weighted by atomic mass is 16.3. The quantitative estimate of drug-likeness (QED) is 0.823. The zero-order valence-electron chi connectivity index (χ0n) is 12.5. The van der Waals surface area contributed by atoms with Crippen molar-refractivity contribution < 1.29 is 5.11 Å². The molecular weight excluding hydrogens is 244 g/mol. The minimum atomic E-state index is -0.628. The van der Waals surface area contributed by atoms with Gasteiger partial charge in [0.05, 0.1) is 5.60 Å². The van der Waals surface area contributed by atoms with Crippen LogP contribution in [0.4, 0.5) is 0 Å². The molecule has 0 spiro atoms. The zero-order chi connectivity index (χ0) is 14.2. The highest BCUT2D eigenvalue weighted by Gasteiger charge is 2.36. The molecule has 0 amide bonds. The Bertz CT molecular complexity index is 601. The van der Waals surface area contributed by atoms with Crippen molar-refractivity contribution in [2.45, 2.75) is 45.1 Å². The van der Waals surface area contributed by atoms with Crippen LogP contribution in [0, 0.1) is 11.8 Å². The minimum Gasteiger partial charge on any atom is -0.385 e. The van der Waals surface area contributed by atoms with Gasteiger partial charge in [0.25, 0.3) is 0 Å². The molecule has 1 fully saturated rings. The van der Waals surface area contributed by atoms with E-state index in [9.17, 15) is 5.11 Å². The molecule has 2 unspecified atom stereocenters. The van der Waals surface area contributed by atoms with E-state index in [0.29, 0.717) is 11.8 Å². The van der Waals surface area contributed by atoms with Crippen molar-refractivity contribution in [3.63, 3.8) is 0 Å². The molecule has 0 bridgehead atoms. The normalized spacial score (nSPS) is 27.1. The molecule has 0 aromatic heterocycles. The first-order valence-corrected chi connectivity index (χ1v) is 7.80. The van der Waals surface area contributed by atoms with Crippen LogP contribution in [0.2, 0.25) is 0 Å².